The van der Waals surface area contributed by atoms with Crippen molar-refractivity contribution in [1.82, 2.24) is 0 Å². The molecule has 0 unspecified atom stereocenters. The number of hydrogen-bond donors (Lipinski definition) is 1. The fourth-order valence-corrected chi connectivity index (χ4v) is 1.59. The summed E-state index contributed by atoms with van der Waals surface area (Å²) in [6.07, 6.45) is 0. The van der Waals surface area contributed by atoms with Gasteiger partial charge in [0, 0.05) is 5.56 Å². The van der Waals surface area contributed by atoms with Crippen LogP contribution in [-0.4, -0.2) is 11.1 Å². The second kappa shape index (κ2) is 4.25. The maximum absolute atomic E-state index is 14.1. The molecule has 18 heavy (non-hydrogen) atoms. The minimum atomic E-state index is -3.35. The van der Waals surface area contributed by atoms with Crippen molar-refractivity contribution in [1.29, 1.82) is 0 Å². The summed E-state index contributed by atoms with van der Waals surface area (Å²) in [7, 11) is 0. The molecule has 1 aromatic heterocycles. The molecule has 0 amide bonds. The van der Waals surface area contributed by atoms with Crippen molar-refractivity contribution in [3.63, 3.8) is 0 Å². The number of carboxylic acid groups (broad SMARTS) is 1. The minimum absolute atomic E-state index is 0.185. The lowest BCUT2D eigenvalue weighted by Crippen LogP contribution is -2.15. The van der Waals surface area contributed by atoms with Crippen molar-refractivity contribution in [2.45, 2.75) is 12.8 Å². The third kappa shape index (κ3) is 2.11. The van der Waals surface area contributed by atoms with Crippen LogP contribution in [0.15, 0.2) is 40.8 Å². The van der Waals surface area contributed by atoms with Crippen LogP contribution >= 0.6 is 0 Å². The molecule has 0 aliphatic carbocycles. The summed E-state index contributed by atoms with van der Waals surface area (Å²) < 4.78 is 33.0. The first-order valence-electron chi connectivity index (χ1n) is 5.20. The second-order valence-corrected chi connectivity index (χ2v) is 3.87. The van der Waals surface area contributed by atoms with Crippen LogP contribution in [0.5, 0.6) is 0 Å². The predicted octanol–water partition coefficient (Wildman–Crippen LogP) is 3.43. The van der Waals surface area contributed by atoms with Gasteiger partial charge in [0.2, 0.25) is 0 Å². The van der Waals surface area contributed by atoms with Gasteiger partial charge in [-0.05, 0) is 31.2 Å². The Kier molecular flexibility index (Phi) is 2.90. The third-order valence-corrected chi connectivity index (χ3v) is 2.52. The van der Waals surface area contributed by atoms with E-state index in [1.807, 2.05) is 0 Å². The molecule has 5 heteroatoms. The number of alkyl halides is 2. The second-order valence-electron chi connectivity index (χ2n) is 3.87. The molecule has 0 spiro atoms. The van der Waals surface area contributed by atoms with Crippen LogP contribution in [0.1, 0.15) is 27.4 Å². The van der Waals surface area contributed by atoms with Gasteiger partial charge in [-0.1, -0.05) is 12.1 Å². The molecule has 1 aromatic carbocycles. The third-order valence-electron chi connectivity index (χ3n) is 2.52. The van der Waals surface area contributed by atoms with E-state index in [4.69, 9.17) is 9.52 Å². The number of halogens is 2. The van der Waals surface area contributed by atoms with Gasteiger partial charge in [-0.3, -0.25) is 0 Å². The smallest absolute Gasteiger partial charge is 0.335 e. The van der Waals surface area contributed by atoms with E-state index in [1.54, 1.807) is 6.92 Å². The quantitative estimate of drug-likeness (QED) is 0.910. The highest BCUT2D eigenvalue weighted by atomic mass is 19.3. The number of hydrogen-bond acceptors (Lipinski definition) is 2. The van der Waals surface area contributed by atoms with Crippen LogP contribution in [0.4, 0.5) is 8.78 Å². The van der Waals surface area contributed by atoms with E-state index in [0.29, 0.717) is 5.76 Å². The summed E-state index contributed by atoms with van der Waals surface area (Å²) in [5.74, 6) is -4.72. The SMILES string of the molecule is Cc1ccc(C(F)(F)c2cccc(C(=O)O)c2)o1. The van der Waals surface area contributed by atoms with E-state index in [-0.39, 0.29) is 5.56 Å². The average Bonchev–Trinajstić information content (AvgIpc) is 2.77. The van der Waals surface area contributed by atoms with Crippen molar-refractivity contribution in [3.8, 4) is 0 Å². The summed E-state index contributed by atoms with van der Waals surface area (Å²) in [6, 6.07) is 7.27. The zero-order valence-corrected chi connectivity index (χ0v) is 9.48. The largest absolute Gasteiger partial charge is 0.478 e. The number of benzene rings is 1. The van der Waals surface area contributed by atoms with Crippen molar-refractivity contribution < 1.29 is 23.1 Å². The summed E-state index contributed by atoms with van der Waals surface area (Å²) in [5, 5.41) is 8.78. The van der Waals surface area contributed by atoms with Crippen molar-refractivity contribution in [3.05, 3.63) is 59.0 Å². The molecule has 1 heterocycles. The Balaban J connectivity index is 2.46. The molecule has 3 nitrogen and oxygen atoms in total. The molecule has 0 aliphatic rings. The maximum Gasteiger partial charge on any atom is 0.335 e. The van der Waals surface area contributed by atoms with Crippen LogP contribution in [0.25, 0.3) is 0 Å². The zero-order chi connectivity index (χ0) is 13.3. The van der Waals surface area contributed by atoms with E-state index in [9.17, 15) is 13.6 Å². The van der Waals surface area contributed by atoms with Gasteiger partial charge in [0.25, 0.3) is 0 Å². The zero-order valence-electron chi connectivity index (χ0n) is 9.48. The van der Waals surface area contributed by atoms with Crippen LogP contribution in [0.3, 0.4) is 0 Å². The Morgan fingerprint density at radius 1 is 1.28 bits per heavy atom. The maximum atomic E-state index is 14.1. The molecule has 2 aromatic rings. The van der Waals surface area contributed by atoms with E-state index in [1.165, 1.54) is 30.3 Å². The number of carbonyl (C=O) groups is 1. The monoisotopic (exact) mass is 252 g/mol. The number of rotatable bonds is 3. The van der Waals surface area contributed by atoms with Crippen LogP contribution in [0.2, 0.25) is 0 Å². The fraction of sp³-hybridized carbons (Fsp3) is 0.154. The number of carboxylic acids is 1. The molecule has 0 bridgehead atoms. The van der Waals surface area contributed by atoms with E-state index < -0.39 is 23.2 Å². The minimum Gasteiger partial charge on any atom is -0.478 e. The molecule has 0 saturated heterocycles. The van der Waals surface area contributed by atoms with Gasteiger partial charge in [0.15, 0.2) is 5.76 Å². The standard InChI is InChI=1S/C13H10F2O3/c1-8-5-6-11(18-8)13(14,15)10-4-2-3-9(7-10)12(16)17/h2-7H,1H3,(H,16,17). The Morgan fingerprint density at radius 3 is 2.56 bits per heavy atom. The normalized spacial score (nSPS) is 11.5. The topological polar surface area (TPSA) is 50.4 Å². The lowest BCUT2D eigenvalue weighted by molar-refractivity contribution is 0.0181. The van der Waals surface area contributed by atoms with Gasteiger partial charge in [0.1, 0.15) is 5.76 Å². The van der Waals surface area contributed by atoms with Gasteiger partial charge in [0.05, 0.1) is 5.56 Å². The molecular weight excluding hydrogens is 242 g/mol. The van der Waals surface area contributed by atoms with Gasteiger partial charge in [-0.15, -0.1) is 0 Å². The van der Waals surface area contributed by atoms with Gasteiger partial charge >= 0.3 is 11.9 Å². The molecule has 94 valence electrons. The van der Waals surface area contributed by atoms with Crippen LogP contribution < -0.4 is 0 Å². The number of furan rings is 1. The van der Waals surface area contributed by atoms with Gasteiger partial charge < -0.3 is 9.52 Å². The summed E-state index contributed by atoms with van der Waals surface area (Å²) >= 11 is 0. The molecule has 0 fully saturated rings. The Morgan fingerprint density at radius 2 is 2.00 bits per heavy atom. The van der Waals surface area contributed by atoms with Crippen LogP contribution in [-0.2, 0) is 5.92 Å². The first-order valence-corrected chi connectivity index (χ1v) is 5.20. The number of aryl methyl sites for hydroxylation is 1. The lowest BCUT2D eigenvalue weighted by atomic mass is 10.0. The summed E-state index contributed by atoms with van der Waals surface area (Å²) in [6.45, 7) is 1.56. The Hall–Kier alpha value is -2.17. The Labute approximate surface area is 102 Å². The highest BCUT2D eigenvalue weighted by molar-refractivity contribution is 5.87. The number of aromatic carboxylic acids is 1. The first kappa shape index (κ1) is 12.3. The molecule has 0 saturated carbocycles. The predicted molar refractivity (Wildman–Crippen MR) is 59.8 cm³/mol. The van der Waals surface area contributed by atoms with E-state index >= 15 is 0 Å². The highest BCUT2D eigenvalue weighted by Gasteiger charge is 2.37. The molecule has 0 radical (unpaired) electrons. The van der Waals surface area contributed by atoms with Crippen molar-refractivity contribution in [2.75, 3.05) is 0 Å². The fourth-order valence-electron chi connectivity index (χ4n) is 1.59. The first-order chi connectivity index (χ1) is 8.41. The van der Waals surface area contributed by atoms with Crippen molar-refractivity contribution >= 4 is 5.97 Å². The van der Waals surface area contributed by atoms with Gasteiger partial charge in [-0.25, -0.2) is 4.79 Å². The van der Waals surface area contributed by atoms with Crippen molar-refractivity contribution in [2.24, 2.45) is 0 Å². The Bertz CT molecular complexity index is 587. The average molecular weight is 252 g/mol. The highest BCUT2D eigenvalue weighted by Crippen LogP contribution is 2.36. The molecule has 1 N–H and O–H groups in total. The van der Waals surface area contributed by atoms with E-state index in [2.05, 4.69) is 0 Å². The molecular formula is C13H10F2O3. The lowest BCUT2D eigenvalue weighted by Gasteiger charge is -2.14. The molecule has 2 rings (SSSR count). The summed E-state index contributed by atoms with van der Waals surface area (Å²) in [4.78, 5) is 10.8. The molecule has 0 atom stereocenters. The van der Waals surface area contributed by atoms with Gasteiger partial charge in [-0.2, -0.15) is 8.78 Å². The summed E-state index contributed by atoms with van der Waals surface area (Å²) in [5.41, 5.74) is -0.591. The molecule has 0 aliphatic heterocycles. The van der Waals surface area contributed by atoms with Crippen LogP contribution in [0, 0.1) is 6.92 Å². The van der Waals surface area contributed by atoms with E-state index in [0.717, 1.165) is 6.07 Å².